The Labute approximate surface area is 152 Å². The average Bonchev–Trinajstić information content (AvgIpc) is 3.03. The van der Waals surface area contributed by atoms with E-state index in [4.69, 9.17) is 9.47 Å². The van der Waals surface area contributed by atoms with E-state index in [9.17, 15) is 13.2 Å². The van der Waals surface area contributed by atoms with Gasteiger partial charge in [0.15, 0.2) is 12.6 Å². The van der Waals surface area contributed by atoms with E-state index in [1.165, 1.54) is 12.1 Å². The lowest BCUT2D eigenvalue weighted by molar-refractivity contribution is -0.153. The number of ether oxygens (including phenoxy) is 2. The maximum atomic E-state index is 12.1. The molecule has 2 N–H and O–H groups in total. The number of aliphatic imine (C=N–C) groups is 1. The molecule has 0 amide bonds. The minimum Gasteiger partial charge on any atom is -0.484 e. The van der Waals surface area contributed by atoms with Gasteiger partial charge >= 0.3 is 6.18 Å². The van der Waals surface area contributed by atoms with Crippen LogP contribution < -0.4 is 15.4 Å². The summed E-state index contributed by atoms with van der Waals surface area (Å²) in [6, 6.07) is 6.45. The third kappa shape index (κ3) is 7.11. The lowest BCUT2D eigenvalue weighted by atomic mass is 10.0. The van der Waals surface area contributed by atoms with Gasteiger partial charge in [-0.15, -0.1) is 0 Å². The molecule has 0 aromatic heterocycles. The van der Waals surface area contributed by atoms with E-state index < -0.39 is 12.8 Å². The number of hydrogen-bond donors (Lipinski definition) is 2. The van der Waals surface area contributed by atoms with Crippen molar-refractivity contribution in [2.75, 3.05) is 26.3 Å². The van der Waals surface area contributed by atoms with E-state index >= 15 is 0 Å². The van der Waals surface area contributed by atoms with Crippen molar-refractivity contribution in [3.8, 4) is 5.75 Å². The SMILES string of the molecule is CCNC(=NCc1ccc(OCC(F)(F)F)cc1)NCC1(C)CCCO1. The van der Waals surface area contributed by atoms with Crippen molar-refractivity contribution < 1.29 is 22.6 Å². The molecule has 1 unspecified atom stereocenters. The van der Waals surface area contributed by atoms with Gasteiger partial charge < -0.3 is 20.1 Å². The Kier molecular flexibility index (Phi) is 7.14. The summed E-state index contributed by atoms with van der Waals surface area (Å²) >= 11 is 0. The smallest absolute Gasteiger partial charge is 0.422 e. The van der Waals surface area contributed by atoms with Gasteiger partial charge in [0.05, 0.1) is 12.1 Å². The van der Waals surface area contributed by atoms with Gasteiger partial charge in [-0.2, -0.15) is 13.2 Å². The first-order chi connectivity index (χ1) is 12.3. The highest BCUT2D eigenvalue weighted by atomic mass is 19.4. The zero-order valence-corrected chi connectivity index (χ0v) is 15.2. The van der Waals surface area contributed by atoms with Crippen molar-refractivity contribution in [3.63, 3.8) is 0 Å². The van der Waals surface area contributed by atoms with Gasteiger partial charge in [-0.3, -0.25) is 0 Å². The largest absolute Gasteiger partial charge is 0.484 e. The molecule has 1 saturated heterocycles. The van der Waals surface area contributed by atoms with E-state index in [0.717, 1.165) is 31.6 Å². The fraction of sp³-hybridized carbons (Fsp3) is 0.611. The first kappa shape index (κ1) is 20.4. The summed E-state index contributed by atoms with van der Waals surface area (Å²) in [5, 5.41) is 6.46. The van der Waals surface area contributed by atoms with Crippen LogP contribution in [0.3, 0.4) is 0 Å². The third-order valence-corrected chi connectivity index (χ3v) is 4.02. The molecule has 0 aliphatic carbocycles. The molecule has 1 aliphatic heterocycles. The second kappa shape index (κ2) is 9.12. The van der Waals surface area contributed by atoms with Gasteiger partial charge in [-0.05, 0) is 44.4 Å². The topological polar surface area (TPSA) is 54.9 Å². The van der Waals surface area contributed by atoms with Crippen LogP contribution in [0, 0.1) is 0 Å². The Balaban J connectivity index is 1.87. The van der Waals surface area contributed by atoms with Crippen LogP contribution in [-0.4, -0.2) is 44.0 Å². The molecular formula is C18H26F3N3O2. The predicted octanol–water partition coefficient (Wildman–Crippen LogP) is 3.25. The Morgan fingerprint density at radius 1 is 1.27 bits per heavy atom. The summed E-state index contributed by atoms with van der Waals surface area (Å²) in [5.41, 5.74) is 0.707. The molecular weight excluding hydrogens is 347 g/mol. The van der Waals surface area contributed by atoms with E-state index in [1.807, 2.05) is 6.92 Å². The second-order valence-corrected chi connectivity index (χ2v) is 6.50. The van der Waals surface area contributed by atoms with E-state index in [1.54, 1.807) is 12.1 Å². The van der Waals surface area contributed by atoms with Crippen LogP contribution in [0.1, 0.15) is 32.3 Å². The maximum Gasteiger partial charge on any atom is 0.422 e. The minimum atomic E-state index is -4.34. The number of benzene rings is 1. The standard InChI is InChI=1S/C18H26F3N3O2/c1-3-22-16(24-12-17(2)9-4-10-26-17)23-11-14-5-7-15(8-6-14)25-13-18(19,20)21/h5-8H,3-4,9-13H2,1-2H3,(H2,22,23,24). The van der Waals surface area contributed by atoms with Crippen LogP contribution in [0.5, 0.6) is 5.75 Å². The first-order valence-corrected chi connectivity index (χ1v) is 8.74. The van der Waals surface area contributed by atoms with Crippen LogP contribution in [0.25, 0.3) is 0 Å². The summed E-state index contributed by atoms with van der Waals surface area (Å²) in [7, 11) is 0. The Morgan fingerprint density at radius 3 is 2.58 bits per heavy atom. The molecule has 1 heterocycles. The van der Waals surface area contributed by atoms with Crippen LogP contribution >= 0.6 is 0 Å². The Morgan fingerprint density at radius 2 is 2.00 bits per heavy atom. The summed E-state index contributed by atoms with van der Waals surface area (Å²) in [6.07, 6.45) is -2.26. The molecule has 0 radical (unpaired) electrons. The van der Waals surface area contributed by atoms with Crippen LogP contribution in [-0.2, 0) is 11.3 Å². The van der Waals surface area contributed by atoms with Crippen molar-refractivity contribution in [2.24, 2.45) is 4.99 Å². The maximum absolute atomic E-state index is 12.1. The highest BCUT2D eigenvalue weighted by molar-refractivity contribution is 5.79. The van der Waals surface area contributed by atoms with Crippen LogP contribution in [0.4, 0.5) is 13.2 Å². The number of alkyl halides is 3. The summed E-state index contributed by atoms with van der Waals surface area (Å²) < 4.78 is 46.9. The van der Waals surface area contributed by atoms with Gasteiger partial charge in [0, 0.05) is 19.7 Å². The first-order valence-electron chi connectivity index (χ1n) is 8.74. The fourth-order valence-electron chi connectivity index (χ4n) is 2.62. The van der Waals surface area contributed by atoms with E-state index in [-0.39, 0.29) is 11.4 Å². The molecule has 5 nitrogen and oxygen atoms in total. The van der Waals surface area contributed by atoms with Crippen LogP contribution in [0.15, 0.2) is 29.3 Å². The summed E-state index contributed by atoms with van der Waals surface area (Å²) in [5.74, 6) is 0.869. The molecule has 1 aromatic carbocycles. The molecule has 1 atom stereocenters. The summed E-state index contributed by atoms with van der Waals surface area (Å²) in [4.78, 5) is 4.51. The lowest BCUT2D eigenvalue weighted by Gasteiger charge is -2.24. The van der Waals surface area contributed by atoms with Crippen molar-refractivity contribution in [3.05, 3.63) is 29.8 Å². The highest BCUT2D eigenvalue weighted by Gasteiger charge is 2.30. The van der Waals surface area contributed by atoms with Gasteiger partial charge in [0.1, 0.15) is 5.75 Å². The van der Waals surface area contributed by atoms with Gasteiger partial charge in [0.2, 0.25) is 0 Å². The minimum absolute atomic E-state index is 0.173. The van der Waals surface area contributed by atoms with Crippen molar-refractivity contribution in [2.45, 2.75) is 45.0 Å². The molecule has 26 heavy (non-hydrogen) atoms. The Bertz CT molecular complexity index is 582. The van der Waals surface area contributed by atoms with Gasteiger partial charge in [-0.25, -0.2) is 4.99 Å². The molecule has 1 fully saturated rings. The molecule has 0 saturated carbocycles. The highest BCUT2D eigenvalue weighted by Crippen LogP contribution is 2.23. The number of halogens is 3. The number of hydrogen-bond acceptors (Lipinski definition) is 3. The second-order valence-electron chi connectivity index (χ2n) is 6.50. The molecule has 2 rings (SSSR count). The van der Waals surface area contributed by atoms with Gasteiger partial charge in [0.25, 0.3) is 0 Å². The fourth-order valence-corrected chi connectivity index (χ4v) is 2.62. The van der Waals surface area contributed by atoms with Crippen molar-refractivity contribution >= 4 is 5.96 Å². The molecule has 0 spiro atoms. The van der Waals surface area contributed by atoms with E-state index in [0.29, 0.717) is 19.0 Å². The Hall–Kier alpha value is -1.96. The normalized spacial score (nSPS) is 20.9. The van der Waals surface area contributed by atoms with Gasteiger partial charge in [-0.1, -0.05) is 12.1 Å². The monoisotopic (exact) mass is 373 g/mol. The van der Waals surface area contributed by atoms with Crippen LogP contribution in [0.2, 0.25) is 0 Å². The number of rotatable bonds is 7. The lowest BCUT2D eigenvalue weighted by Crippen LogP contribution is -2.45. The predicted molar refractivity (Wildman–Crippen MR) is 94.4 cm³/mol. The number of nitrogens with zero attached hydrogens (tertiary/aromatic N) is 1. The van der Waals surface area contributed by atoms with E-state index in [2.05, 4.69) is 22.5 Å². The zero-order valence-electron chi connectivity index (χ0n) is 15.2. The molecule has 8 heteroatoms. The molecule has 146 valence electrons. The zero-order chi connectivity index (χ0) is 19.0. The summed E-state index contributed by atoms with van der Waals surface area (Å²) in [6.45, 7) is 5.37. The number of guanidine groups is 1. The quantitative estimate of drug-likeness (QED) is 0.569. The van der Waals surface area contributed by atoms with Crippen molar-refractivity contribution in [1.82, 2.24) is 10.6 Å². The number of nitrogens with one attached hydrogen (secondary N) is 2. The molecule has 1 aromatic rings. The molecule has 0 bridgehead atoms. The molecule has 1 aliphatic rings. The third-order valence-electron chi connectivity index (χ3n) is 4.02. The van der Waals surface area contributed by atoms with Crippen molar-refractivity contribution in [1.29, 1.82) is 0 Å². The average molecular weight is 373 g/mol.